The first kappa shape index (κ1) is 13.3. The van der Waals surface area contributed by atoms with Crippen molar-refractivity contribution in [2.75, 3.05) is 6.61 Å². The van der Waals surface area contributed by atoms with Crippen molar-refractivity contribution in [2.45, 2.75) is 13.3 Å². The van der Waals surface area contributed by atoms with Gasteiger partial charge in [0.15, 0.2) is 0 Å². The molecule has 0 radical (unpaired) electrons. The lowest BCUT2D eigenvalue weighted by Gasteiger charge is -1.99. The zero-order chi connectivity index (χ0) is 14.7. The summed E-state index contributed by atoms with van der Waals surface area (Å²) in [5.41, 5.74) is 0.830. The van der Waals surface area contributed by atoms with E-state index < -0.39 is 0 Å². The molecule has 1 aromatic heterocycles. The molecule has 0 unspecified atom stereocenters. The molecule has 0 amide bonds. The van der Waals surface area contributed by atoms with Crippen molar-refractivity contribution in [2.24, 2.45) is 0 Å². The van der Waals surface area contributed by atoms with Crippen LogP contribution < -0.4 is 0 Å². The molecule has 0 saturated carbocycles. The number of hydrogen-bond acceptors (Lipinski definition) is 5. The molecule has 0 aliphatic carbocycles. The highest BCUT2D eigenvalue weighted by atomic mass is 16.5. The smallest absolute Gasteiger partial charge is 0.315 e. The Morgan fingerprint density at radius 1 is 1.14 bits per heavy atom. The standard InChI is InChI=1S/C16H14N2O3/c1-2-20-15(19)10-14-17-18-16(21-14)13-8-7-11-5-3-4-6-12(11)9-13/h3-9H,2,10H2,1H3. The average molecular weight is 282 g/mol. The van der Waals surface area contributed by atoms with Crippen molar-refractivity contribution >= 4 is 16.7 Å². The number of nitrogens with zero attached hydrogens (tertiary/aromatic N) is 2. The van der Waals surface area contributed by atoms with Crippen LogP contribution in [0.25, 0.3) is 22.2 Å². The lowest BCUT2D eigenvalue weighted by Crippen LogP contribution is -2.07. The minimum Gasteiger partial charge on any atom is -0.466 e. The second kappa shape index (κ2) is 5.75. The Morgan fingerprint density at radius 3 is 2.76 bits per heavy atom. The fraction of sp³-hybridized carbons (Fsp3) is 0.188. The number of fused-ring (bicyclic) bond motifs is 1. The summed E-state index contributed by atoms with van der Waals surface area (Å²) in [6.45, 7) is 2.09. The van der Waals surface area contributed by atoms with Crippen molar-refractivity contribution in [3.63, 3.8) is 0 Å². The van der Waals surface area contributed by atoms with Crippen molar-refractivity contribution in [3.05, 3.63) is 48.4 Å². The molecule has 2 aromatic carbocycles. The van der Waals surface area contributed by atoms with E-state index in [2.05, 4.69) is 10.2 Å². The lowest BCUT2D eigenvalue weighted by molar-refractivity contribution is -0.142. The van der Waals surface area contributed by atoms with Gasteiger partial charge < -0.3 is 9.15 Å². The van der Waals surface area contributed by atoms with E-state index >= 15 is 0 Å². The average Bonchev–Trinajstić information content (AvgIpc) is 2.95. The monoisotopic (exact) mass is 282 g/mol. The molecule has 0 atom stereocenters. The van der Waals surface area contributed by atoms with Gasteiger partial charge in [0.05, 0.1) is 6.61 Å². The van der Waals surface area contributed by atoms with Gasteiger partial charge in [0.1, 0.15) is 6.42 Å². The van der Waals surface area contributed by atoms with Crippen LogP contribution in [0, 0.1) is 0 Å². The van der Waals surface area contributed by atoms with Crippen LogP contribution in [0.1, 0.15) is 12.8 Å². The molecule has 0 fully saturated rings. The molecule has 3 aromatic rings. The maximum atomic E-state index is 11.4. The minimum absolute atomic E-state index is 0.00553. The van der Waals surface area contributed by atoms with Crippen molar-refractivity contribution in [1.29, 1.82) is 0 Å². The van der Waals surface area contributed by atoms with Gasteiger partial charge in [0.25, 0.3) is 0 Å². The Morgan fingerprint density at radius 2 is 1.95 bits per heavy atom. The van der Waals surface area contributed by atoms with Crippen LogP contribution in [0.4, 0.5) is 0 Å². The highest BCUT2D eigenvalue weighted by molar-refractivity contribution is 5.86. The molecular weight excluding hydrogens is 268 g/mol. The molecule has 0 bridgehead atoms. The van der Waals surface area contributed by atoms with E-state index in [0.717, 1.165) is 16.3 Å². The molecule has 0 spiro atoms. The summed E-state index contributed by atoms with van der Waals surface area (Å²) in [5, 5.41) is 10.1. The summed E-state index contributed by atoms with van der Waals surface area (Å²) in [6.07, 6.45) is -0.00553. The number of rotatable bonds is 4. The van der Waals surface area contributed by atoms with E-state index in [1.54, 1.807) is 6.92 Å². The topological polar surface area (TPSA) is 65.2 Å². The van der Waals surface area contributed by atoms with Gasteiger partial charge in [-0.05, 0) is 29.8 Å². The van der Waals surface area contributed by atoms with Crippen LogP contribution in [0.3, 0.4) is 0 Å². The molecule has 0 N–H and O–H groups in total. The molecule has 0 aliphatic heterocycles. The first-order chi connectivity index (χ1) is 10.3. The van der Waals surface area contributed by atoms with Gasteiger partial charge in [-0.25, -0.2) is 0 Å². The first-order valence-electron chi connectivity index (χ1n) is 6.73. The summed E-state index contributed by atoms with van der Waals surface area (Å²) in [6, 6.07) is 13.9. The van der Waals surface area contributed by atoms with Gasteiger partial charge in [0.2, 0.25) is 11.8 Å². The van der Waals surface area contributed by atoms with Crippen molar-refractivity contribution in [3.8, 4) is 11.5 Å². The Kier molecular flexibility index (Phi) is 3.64. The lowest BCUT2D eigenvalue weighted by atomic mass is 10.1. The normalized spacial score (nSPS) is 10.7. The summed E-state index contributed by atoms with van der Waals surface area (Å²) in [4.78, 5) is 11.4. The van der Waals surface area contributed by atoms with Crippen LogP contribution in [-0.4, -0.2) is 22.8 Å². The molecule has 0 aliphatic rings. The third-order valence-electron chi connectivity index (χ3n) is 3.06. The third kappa shape index (κ3) is 2.91. The number of aromatic nitrogens is 2. The zero-order valence-electron chi connectivity index (χ0n) is 11.6. The van der Waals surface area contributed by atoms with Gasteiger partial charge in [-0.2, -0.15) is 0 Å². The maximum absolute atomic E-state index is 11.4. The van der Waals surface area contributed by atoms with Gasteiger partial charge in [-0.1, -0.05) is 30.3 Å². The van der Waals surface area contributed by atoms with Gasteiger partial charge in [-0.3, -0.25) is 4.79 Å². The fourth-order valence-electron chi connectivity index (χ4n) is 2.10. The Labute approximate surface area is 121 Å². The molecule has 106 valence electrons. The number of carbonyl (C=O) groups excluding carboxylic acids is 1. The minimum atomic E-state index is -0.369. The van der Waals surface area contributed by atoms with Gasteiger partial charge >= 0.3 is 5.97 Å². The van der Waals surface area contributed by atoms with Crippen LogP contribution in [0.2, 0.25) is 0 Å². The van der Waals surface area contributed by atoms with Crippen LogP contribution in [0.5, 0.6) is 0 Å². The van der Waals surface area contributed by atoms with E-state index in [-0.39, 0.29) is 18.3 Å². The van der Waals surface area contributed by atoms with Crippen molar-refractivity contribution < 1.29 is 13.9 Å². The van der Waals surface area contributed by atoms with E-state index in [4.69, 9.17) is 9.15 Å². The van der Waals surface area contributed by atoms with E-state index in [9.17, 15) is 4.79 Å². The Bertz CT molecular complexity index is 780. The number of esters is 1. The number of benzene rings is 2. The summed E-state index contributed by atoms with van der Waals surface area (Å²) in [5.74, 6) is 0.294. The highest BCUT2D eigenvalue weighted by Crippen LogP contribution is 2.23. The maximum Gasteiger partial charge on any atom is 0.315 e. The second-order valence-electron chi connectivity index (χ2n) is 4.54. The number of ether oxygens (including phenoxy) is 1. The Hall–Kier alpha value is -2.69. The summed E-state index contributed by atoms with van der Waals surface area (Å²) < 4.78 is 10.4. The zero-order valence-corrected chi connectivity index (χ0v) is 11.6. The third-order valence-corrected chi connectivity index (χ3v) is 3.06. The van der Waals surface area contributed by atoms with Gasteiger partial charge in [0, 0.05) is 5.56 Å². The second-order valence-corrected chi connectivity index (χ2v) is 4.54. The molecule has 1 heterocycles. The predicted molar refractivity (Wildman–Crippen MR) is 77.6 cm³/mol. The SMILES string of the molecule is CCOC(=O)Cc1nnc(-c2ccc3ccccc3c2)o1. The Balaban J connectivity index is 1.85. The van der Waals surface area contributed by atoms with Crippen LogP contribution in [-0.2, 0) is 16.0 Å². The predicted octanol–water partition coefficient (Wildman–Crippen LogP) is 3.00. The molecular formula is C16H14N2O3. The quantitative estimate of drug-likeness (QED) is 0.688. The molecule has 21 heavy (non-hydrogen) atoms. The molecule has 0 saturated heterocycles. The largest absolute Gasteiger partial charge is 0.466 e. The van der Waals surface area contributed by atoms with Gasteiger partial charge in [-0.15, -0.1) is 10.2 Å². The van der Waals surface area contributed by atoms with Crippen LogP contribution >= 0.6 is 0 Å². The van der Waals surface area contributed by atoms with Crippen LogP contribution in [0.15, 0.2) is 46.9 Å². The molecule has 3 rings (SSSR count). The van der Waals surface area contributed by atoms with E-state index in [1.807, 2.05) is 42.5 Å². The molecule has 5 heteroatoms. The highest BCUT2D eigenvalue weighted by Gasteiger charge is 2.13. The fourth-order valence-corrected chi connectivity index (χ4v) is 2.10. The number of carbonyl (C=O) groups is 1. The summed E-state index contributed by atoms with van der Waals surface area (Å²) >= 11 is 0. The first-order valence-corrected chi connectivity index (χ1v) is 6.73. The van der Waals surface area contributed by atoms with E-state index in [0.29, 0.717) is 12.5 Å². The molecule has 5 nitrogen and oxygen atoms in total. The summed E-state index contributed by atoms with van der Waals surface area (Å²) in [7, 11) is 0. The number of hydrogen-bond donors (Lipinski definition) is 0. The van der Waals surface area contributed by atoms with E-state index in [1.165, 1.54) is 0 Å². The van der Waals surface area contributed by atoms with Crippen molar-refractivity contribution in [1.82, 2.24) is 10.2 Å².